The minimum atomic E-state index is -0.838. The Morgan fingerprint density at radius 3 is 1.59 bits per heavy atom. The molecular weight excluding hydrogens is 293 g/mol. The molecule has 1 saturated heterocycles. The molecule has 0 aliphatic carbocycles. The molecule has 0 amide bonds. The quantitative estimate of drug-likeness (QED) is 0.725. The number of nitrogens with zero attached hydrogens (tertiary/aromatic N) is 1. The van der Waals surface area contributed by atoms with Gasteiger partial charge < -0.3 is 0 Å². The van der Waals surface area contributed by atoms with Crippen molar-refractivity contribution in [3.63, 3.8) is 0 Å². The summed E-state index contributed by atoms with van der Waals surface area (Å²) in [6, 6.07) is 0. The number of nitrogens with one attached hydrogen (secondary N) is 2. The third-order valence-electron chi connectivity index (χ3n) is 2.90. The van der Waals surface area contributed by atoms with Gasteiger partial charge in [0.2, 0.25) is 0 Å². The van der Waals surface area contributed by atoms with Crippen LogP contribution in [0.3, 0.4) is 0 Å². The molecule has 1 aliphatic heterocycles. The van der Waals surface area contributed by atoms with Gasteiger partial charge in [0.05, 0.1) is 0 Å². The first-order valence-corrected chi connectivity index (χ1v) is 10.1. The average molecular weight is 321 g/mol. The van der Waals surface area contributed by atoms with Gasteiger partial charge in [0.15, 0.2) is 0 Å². The van der Waals surface area contributed by atoms with Crippen LogP contribution in [0.5, 0.6) is 0 Å². The van der Waals surface area contributed by atoms with Crippen molar-refractivity contribution in [2.75, 3.05) is 39.3 Å². The van der Waals surface area contributed by atoms with Crippen LogP contribution in [0.15, 0.2) is 0 Å². The van der Waals surface area contributed by atoms with Crippen molar-refractivity contribution in [3.8, 4) is 0 Å². The van der Waals surface area contributed by atoms with Crippen molar-refractivity contribution >= 4 is 24.8 Å². The van der Waals surface area contributed by atoms with Crippen LogP contribution in [0.1, 0.15) is 19.3 Å². The molecule has 1 aliphatic rings. The first kappa shape index (κ1) is 20.5. The zero-order chi connectivity index (χ0) is 10.9. The topological polar surface area (TPSA) is 27.3 Å². The molecule has 1 heterocycles. The second kappa shape index (κ2) is 13.6. The molecule has 0 aromatic rings. The van der Waals surface area contributed by atoms with Gasteiger partial charge in [0.1, 0.15) is 0 Å². The van der Waals surface area contributed by atoms with Crippen LogP contribution in [0.25, 0.3) is 0 Å². The van der Waals surface area contributed by atoms with Crippen LogP contribution in [0.2, 0.25) is 10.5 Å². The SMILES string of the molecule is Cl.Cl.[CH3][Ti]([CH3])[N]1CCCNCCCNCCC1. The Morgan fingerprint density at radius 1 is 0.765 bits per heavy atom. The normalized spacial score (nSPS) is 20.1. The van der Waals surface area contributed by atoms with Gasteiger partial charge >= 0.3 is 101 Å². The summed E-state index contributed by atoms with van der Waals surface area (Å²) in [4.78, 5) is 0. The molecule has 0 aromatic heterocycles. The monoisotopic (exact) mass is 320 g/mol. The van der Waals surface area contributed by atoms with Gasteiger partial charge in [-0.3, -0.25) is 0 Å². The van der Waals surface area contributed by atoms with Crippen LogP contribution in [0.4, 0.5) is 0 Å². The molecule has 0 aromatic carbocycles. The molecule has 105 valence electrons. The zero-order valence-corrected chi connectivity index (χ0v) is 14.3. The zero-order valence-electron chi connectivity index (χ0n) is 11.1. The molecular formula is C11H28Cl2N3Ti. The first-order valence-electron chi connectivity index (χ1n) is 6.27. The molecule has 0 bridgehead atoms. The Kier molecular flexibility index (Phi) is 16.4. The summed E-state index contributed by atoms with van der Waals surface area (Å²) in [6.45, 7) is 7.37. The molecule has 17 heavy (non-hydrogen) atoms. The third-order valence-corrected chi connectivity index (χ3v) is 5.58. The van der Waals surface area contributed by atoms with Crippen molar-refractivity contribution in [3.05, 3.63) is 0 Å². The average Bonchev–Trinajstić information content (AvgIpc) is 2.18. The van der Waals surface area contributed by atoms with E-state index in [0.717, 1.165) is 0 Å². The molecule has 0 unspecified atom stereocenters. The molecule has 0 saturated carbocycles. The minimum absolute atomic E-state index is 0. The molecule has 0 radical (unpaired) electrons. The molecule has 3 nitrogen and oxygen atoms in total. The summed E-state index contributed by atoms with van der Waals surface area (Å²) in [7, 11) is 0. The van der Waals surface area contributed by atoms with Gasteiger partial charge in [0.25, 0.3) is 0 Å². The van der Waals surface area contributed by atoms with Crippen LogP contribution in [0, 0.1) is 0 Å². The van der Waals surface area contributed by atoms with Gasteiger partial charge in [-0.1, -0.05) is 0 Å². The fraction of sp³-hybridized carbons (Fsp3) is 1.00. The van der Waals surface area contributed by atoms with Crippen molar-refractivity contribution < 1.29 is 18.1 Å². The van der Waals surface area contributed by atoms with E-state index in [2.05, 4.69) is 24.5 Å². The fourth-order valence-corrected chi connectivity index (χ4v) is 3.83. The van der Waals surface area contributed by atoms with Crippen molar-refractivity contribution in [2.24, 2.45) is 0 Å². The van der Waals surface area contributed by atoms with Crippen LogP contribution >= 0.6 is 24.8 Å². The van der Waals surface area contributed by atoms with E-state index in [0.29, 0.717) is 0 Å². The Bertz CT molecular complexity index is 150. The number of halogens is 2. The predicted octanol–water partition coefficient (Wildman–Crippen LogP) is 2.12. The fourth-order valence-electron chi connectivity index (χ4n) is 1.94. The number of hydrogen-bond donors (Lipinski definition) is 2. The van der Waals surface area contributed by atoms with Crippen molar-refractivity contribution in [2.45, 2.75) is 29.7 Å². The predicted molar refractivity (Wildman–Crippen MR) is 77.4 cm³/mol. The molecule has 1 rings (SSSR count). The summed E-state index contributed by atoms with van der Waals surface area (Å²) in [5.74, 6) is 0. The van der Waals surface area contributed by atoms with E-state index in [1.807, 2.05) is 0 Å². The molecule has 2 N–H and O–H groups in total. The molecule has 1 fully saturated rings. The number of hydrogen-bond acceptors (Lipinski definition) is 3. The Balaban J connectivity index is 0. The van der Waals surface area contributed by atoms with E-state index in [1.54, 1.807) is 0 Å². The Labute approximate surface area is 125 Å². The maximum atomic E-state index is 3.51. The molecule has 0 atom stereocenters. The van der Waals surface area contributed by atoms with E-state index < -0.39 is 18.1 Å². The van der Waals surface area contributed by atoms with Crippen LogP contribution < -0.4 is 10.6 Å². The van der Waals surface area contributed by atoms with E-state index in [4.69, 9.17) is 0 Å². The van der Waals surface area contributed by atoms with Crippen LogP contribution in [-0.4, -0.2) is 42.7 Å². The summed E-state index contributed by atoms with van der Waals surface area (Å²) in [6.07, 6.45) is 3.92. The first-order chi connectivity index (χ1) is 7.30. The second-order valence-electron chi connectivity index (χ2n) is 4.49. The third kappa shape index (κ3) is 10.8. The van der Waals surface area contributed by atoms with Gasteiger partial charge in [-0.15, -0.1) is 24.8 Å². The van der Waals surface area contributed by atoms with Gasteiger partial charge in [-0.2, -0.15) is 0 Å². The maximum absolute atomic E-state index is 3.51. The second-order valence-corrected chi connectivity index (χ2v) is 8.44. The summed E-state index contributed by atoms with van der Waals surface area (Å²) in [5, 5.41) is 12.0. The van der Waals surface area contributed by atoms with Gasteiger partial charge in [-0.25, -0.2) is 0 Å². The molecule has 0 spiro atoms. The Hall–Kier alpha value is 1.17. The van der Waals surface area contributed by atoms with Crippen molar-refractivity contribution in [1.29, 1.82) is 0 Å². The van der Waals surface area contributed by atoms with Gasteiger partial charge in [0, 0.05) is 0 Å². The molecule has 6 heteroatoms. The van der Waals surface area contributed by atoms with Gasteiger partial charge in [-0.05, 0) is 0 Å². The van der Waals surface area contributed by atoms with E-state index in [9.17, 15) is 0 Å². The van der Waals surface area contributed by atoms with E-state index in [-0.39, 0.29) is 24.8 Å². The standard InChI is InChI=1S/C9H20N3.2CH3.2ClH.Ti/c1-4-10-6-2-8-12-9-3-7-11-5-1;;;;;/h10-11H,1-9H2;2*1H3;2*1H;/q-1;;;;;+1. The number of rotatable bonds is 1. The van der Waals surface area contributed by atoms with Crippen LogP contribution in [-0.2, 0) is 18.1 Å². The van der Waals surface area contributed by atoms with E-state index in [1.165, 1.54) is 58.5 Å². The summed E-state index contributed by atoms with van der Waals surface area (Å²) < 4.78 is 2.75. The van der Waals surface area contributed by atoms with E-state index >= 15 is 0 Å². The summed E-state index contributed by atoms with van der Waals surface area (Å²) >= 11 is -0.838. The Morgan fingerprint density at radius 2 is 1.18 bits per heavy atom. The van der Waals surface area contributed by atoms with Crippen molar-refractivity contribution in [1.82, 2.24) is 14.0 Å². The summed E-state index contributed by atoms with van der Waals surface area (Å²) in [5.41, 5.74) is 0.